The van der Waals surface area contributed by atoms with E-state index in [4.69, 9.17) is 10.8 Å². The van der Waals surface area contributed by atoms with Crippen molar-refractivity contribution in [2.24, 2.45) is 11.7 Å². The van der Waals surface area contributed by atoms with Gasteiger partial charge in [-0.25, -0.2) is 0 Å². The van der Waals surface area contributed by atoms with Gasteiger partial charge < -0.3 is 37.2 Å². The number of aliphatic carboxylic acids is 1. The van der Waals surface area contributed by atoms with Gasteiger partial charge in [0.2, 0.25) is 23.6 Å². The van der Waals surface area contributed by atoms with E-state index in [0.29, 0.717) is 37.8 Å². The van der Waals surface area contributed by atoms with Gasteiger partial charge in [-0.05, 0) is 69.1 Å². The molecule has 18 heteroatoms. The maximum atomic E-state index is 13.2. The lowest BCUT2D eigenvalue weighted by Gasteiger charge is -2.19. The first-order valence-electron chi connectivity index (χ1n) is 18.7. The predicted octanol–water partition coefficient (Wildman–Crippen LogP) is 0.389. The van der Waals surface area contributed by atoms with Crippen LogP contribution in [0.25, 0.3) is 0 Å². The van der Waals surface area contributed by atoms with Crippen LogP contribution in [0, 0.1) is 5.92 Å². The summed E-state index contributed by atoms with van der Waals surface area (Å²) in [6, 6.07) is 3.22. The minimum atomic E-state index is -0.949. The van der Waals surface area contributed by atoms with E-state index >= 15 is 0 Å². The van der Waals surface area contributed by atoms with E-state index in [0.717, 1.165) is 22.0 Å². The number of carboxylic acids is 1. The molecule has 0 saturated heterocycles. The molecule has 0 aromatic heterocycles. The number of phenolic OH excluding ortho intramolecular Hbond substituents is 1. The molecule has 3 rings (SSSR count). The number of carboxylic acid groups (broad SMARTS) is 1. The van der Waals surface area contributed by atoms with Gasteiger partial charge in [0.05, 0.1) is 11.6 Å². The first-order chi connectivity index (χ1) is 26.6. The molecule has 3 atom stereocenters. The van der Waals surface area contributed by atoms with Gasteiger partial charge in [-0.2, -0.15) is 0 Å². The summed E-state index contributed by atoms with van der Waals surface area (Å²) in [6.07, 6.45) is 7.15. The van der Waals surface area contributed by atoms with E-state index < -0.39 is 65.3 Å². The van der Waals surface area contributed by atoms with E-state index in [1.54, 1.807) is 19.1 Å². The molecular formula is C38H51N7O11. The molecule has 56 heavy (non-hydrogen) atoms. The molecule has 0 bridgehead atoms. The fourth-order valence-electron chi connectivity index (χ4n) is 5.97. The lowest BCUT2D eigenvalue weighted by Crippen LogP contribution is -2.47. The monoisotopic (exact) mass is 781 g/mol. The zero-order valence-electron chi connectivity index (χ0n) is 31.4. The molecule has 0 spiro atoms. The number of hydrogen-bond donors (Lipinski definition) is 7. The molecule has 2 aliphatic heterocycles. The number of carbonyl (C=O) groups is 9. The van der Waals surface area contributed by atoms with Gasteiger partial charge in [-0.3, -0.25) is 53.0 Å². The van der Waals surface area contributed by atoms with Crippen molar-refractivity contribution in [1.82, 2.24) is 25.8 Å². The molecule has 2 aliphatic rings. The van der Waals surface area contributed by atoms with Crippen molar-refractivity contribution in [3.05, 3.63) is 48.1 Å². The Balaban J connectivity index is 1.44. The minimum Gasteiger partial charge on any atom is -0.506 e. The normalized spacial score (nSPS) is 15.2. The van der Waals surface area contributed by atoms with E-state index in [9.17, 15) is 48.3 Å². The van der Waals surface area contributed by atoms with Crippen LogP contribution in [0.2, 0.25) is 0 Å². The molecule has 0 fully saturated rings. The number of carbonyl (C=O) groups excluding carboxylic acids is 8. The van der Waals surface area contributed by atoms with Gasteiger partial charge in [0.15, 0.2) is 0 Å². The molecule has 1 aromatic rings. The van der Waals surface area contributed by atoms with Crippen LogP contribution in [0.5, 0.6) is 5.75 Å². The summed E-state index contributed by atoms with van der Waals surface area (Å²) >= 11 is 0. The van der Waals surface area contributed by atoms with Crippen molar-refractivity contribution in [3.8, 4) is 5.75 Å². The largest absolute Gasteiger partial charge is 0.506 e. The molecule has 1 aromatic carbocycles. The molecule has 0 saturated carbocycles. The summed E-state index contributed by atoms with van der Waals surface area (Å²) < 4.78 is 0. The summed E-state index contributed by atoms with van der Waals surface area (Å²) in [6.45, 7) is 2.12. The third kappa shape index (κ3) is 15.1. The van der Waals surface area contributed by atoms with E-state index in [1.807, 2.05) is 0 Å². The number of nitrogens with two attached hydrogens (primary N) is 1. The molecule has 1 unspecified atom stereocenters. The highest BCUT2D eigenvalue weighted by Crippen LogP contribution is 2.25. The van der Waals surface area contributed by atoms with Crippen LogP contribution < -0.4 is 27.0 Å². The summed E-state index contributed by atoms with van der Waals surface area (Å²) in [4.78, 5) is 111. The topological polar surface area (TPSA) is 275 Å². The van der Waals surface area contributed by atoms with Crippen LogP contribution >= 0.6 is 0 Å². The Labute approximate surface area is 324 Å². The van der Waals surface area contributed by atoms with Crippen molar-refractivity contribution >= 4 is 58.9 Å². The zero-order valence-corrected chi connectivity index (χ0v) is 31.4. The summed E-state index contributed by atoms with van der Waals surface area (Å²) in [5, 5.41) is 30.2. The quantitative estimate of drug-likeness (QED) is 0.0403. The van der Waals surface area contributed by atoms with Crippen LogP contribution in [0.4, 0.5) is 5.69 Å². The second-order valence-corrected chi connectivity index (χ2v) is 13.7. The highest BCUT2D eigenvalue weighted by Gasteiger charge is 2.25. The first kappa shape index (κ1) is 44.5. The first-order valence-corrected chi connectivity index (χ1v) is 18.7. The van der Waals surface area contributed by atoms with Crippen LogP contribution in [0.1, 0.15) is 76.7 Å². The van der Waals surface area contributed by atoms with Gasteiger partial charge in [-0.15, -0.1) is 0 Å². The SMILES string of the molecule is CC(C[C@@H](N)Cc1ccc(O)c(NC(=O)CCCNC(=O)[C@H](CCCCNC(=O)CCCN2C(=O)C=CC2=O)NC(=O)CCCN2C(=O)C=CC2=O)c1)C(=O)O. The maximum Gasteiger partial charge on any atom is 0.306 e. The fraction of sp³-hybridized carbons (Fsp3) is 0.500. The number of nitrogens with zero attached hydrogens (tertiary/aromatic N) is 2. The number of benzene rings is 1. The van der Waals surface area contributed by atoms with Gasteiger partial charge >= 0.3 is 5.97 Å². The van der Waals surface area contributed by atoms with Crippen LogP contribution in [0.3, 0.4) is 0 Å². The van der Waals surface area contributed by atoms with E-state index in [-0.39, 0.29) is 81.9 Å². The number of phenols is 1. The van der Waals surface area contributed by atoms with Crippen LogP contribution in [-0.4, -0.2) is 112 Å². The number of anilines is 1. The van der Waals surface area contributed by atoms with Crippen molar-refractivity contribution < 1.29 is 53.4 Å². The van der Waals surface area contributed by atoms with Crippen LogP contribution in [-0.2, 0) is 49.6 Å². The lowest BCUT2D eigenvalue weighted by atomic mass is 9.96. The van der Waals surface area contributed by atoms with Gasteiger partial charge in [0.25, 0.3) is 23.6 Å². The highest BCUT2D eigenvalue weighted by molar-refractivity contribution is 6.13. The smallest absolute Gasteiger partial charge is 0.306 e. The number of rotatable bonds is 25. The van der Waals surface area contributed by atoms with Crippen molar-refractivity contribution in [3.63, 3.8) is 0 Å². The number of nitrogens with one attached hydrogen (secondary N) is 4. The predicted molar refractivity (Wildman–Crippen MR) is 201 cm³/mol. The maximum absolute atomic E-state index is 13.2. The van der Waals surface area contributed by atoms with Gasteiger partial charge in [-0.1, -0.05) is 13.0 Å². The number of unbranched alkanes of at least 4 members (excludes halogenated alkanes) is 1. The van der Waals surface area contributed by atoms with Gasteiger partial charge in [0, 0.05) is 75.8 Å². The summed E-state index contributed by atoms with van der Waals surface area (Å²) in [7, 11) is 0. The zero-order chi connectivity index (χ0) is 41.2. The molecule has 2 heterocycles. The van der Waals surface area contributed by atoms with E-state index in [2.05, 4.69) is 21.3 Å². The standard InChI is InChI=1S/C38H51N7O11/c1-24(38(55)56)21-26(39)22-25-11-12-29(46)28(23-25)43-31(48)8-4-18-41-37(54)27(42-32(49)10-6-20-45-35(52)15-16-36(45)53)7-2-3-17-40-30(47)9-5-19-44-33(50)13-14-34(44)51/h11-16,23-24,26-27,46H,2-10,17-22,39H2,1H3,(H,40,47)(H,41,54)(H,42,49)(H,43,48)(H,55,56)/t24?,26-,27+/m1/s1. The molecule has 8 amide bonds. The minimum absolute atomic E-state index is 0.0132. The molecule has 8 N–H and O–H groups in total. The Morgan fingerprint density at radius 3 is 1.88 bits per heavy atom. The second kappa shape index (κ2) is 22.5. The number of hydrogen-bond acceptors (Lipinski definition) is 11. The second-order valence-electron chi connectivity index (χ2n) is 13.7. The Morgan fingerprint density at radius 2 is 1.29 bits per heavy atom. The summed E-state index contributed by atoms with van der Waals surface area (Å²) in [5.41, 5.74) is 6.96. The highest BCUT2D eigenvalue weighted by atomic mass is 16.4. The van der Waals surface area contributed by atoms with Crippen molar-refractivity contribution in [1.29, 1.82) is 0 Å². The van der Waals surface area contributed by atoms with Crippen LogP contribution in [0.15, 0.2) is 42.5 Å². The number of aromatic hydroxyl groups is 1. The summed E-state index contributed by atoms with van der Waals surface area (Å²) in [5.74, 6) is -5.13. The molecular weight excluding hydrogens is 730 g/mol. The third-order valence-corrected chi connectivity index (χ3v) is 9.06. The fourth-order valence-corrected chi connectivity index (χ4v) is 5.97. The molecule has 304 valence electrons. The number of amides is 8. The van der Waals surface area contributed by atoms with Crippen molar-refractivity contribution in [2.75, 3.05) is 31.5 Å². The average molecular weight is 782 g/mol. The lowest BCUT2D eigenvalue weighted by molar-refractivity contribution is -0.141. The Hall–Kier alpha value is -5.91. The Morgan fingerprint density at radius 1 is 0.732 bits per heavy atom. The number of imide groups is 2. The van der Waals surface area contributed by atoms with Gasteiger partial charge in [0.1, 0.15) is 11.8 Å². The molecule has 0 radical (unpaired) electrons. The molecule has 0 aliphatic carbocycles. The molecule has 18 nitrogen and oxygen atoms in total. The van der Waals surface area contributed by atoms with Crippen molar-refractivity contribution in [2.45, 2.75) is 89.6 Å². The third-order valence-electron chi connectivity index (χ3n) is 9.06. The average Bonchev–Trinajstić information content (AvgIpc) is 3.64. The Bertz CT molecular complexity index is 1670. The van der Waals surface area contributed by atoms with E-state index in [1.165, 1.54) is 18.2 Å². The Kier molecular flexibility index (Phi) is 17.8.